The lowest BCUT2D eigenvalue weighted by molar-refractivity contribution is -0.112. The van der Waals surface area contributed by atoms with Crippen LogP contribution < -0.4 is 10.1 Å². The summed E-state index contributed by atoms with van der Waals surface area (Å²) < 4.78 is 7.39. The topological polar surface area (TPSA) is 62.1 Å². The highest BCUT2D eigenvalue weighted by molar-refractivity contribution is 14.1. The fourth-order valence-electron chi connectivity index (χ4n) is 1.98. The number of nitriles is 1. The smallest absolute Gasteiger partial charge is 0.266 e. The number of anilines is 1. The highest BCUT2D eigenvalue weighted by Gasteiger charge is 2.12. The van der Waals surface area contributed by atoms with E-state index in [9.17, 15) is 10.1 Å². The highest BCUT2D eigenvalue weighted by Crippen LogP contribution is 2.26. The van der Waals surface area contributed by atoms with Crippen LogP contribution in [0.3, 0.4) is 0 Å². The van der Waals surface area contributed by atoms with E-state index < -0.39 is 5.91 Å². The normalized spacial score (nSPS) is 10.7. The van der Waals surface area contributed by atoms with E-state index in [1.165, 1.54) is 6.08 Å². The Kier molecular flexibility index (Phi) is 7.22. The number of amides is 1. The Morgan fingerprint density at radius 2 is 2.16 bits per heavy atom. The van der Waals surface area contributed by atoms with Gasteiger partial charge in [0, 0.05) is 19.3 Å². The van der Waals surface area contributed by atoms with E-state index in [0.29, 0.717) is 23.6 Å². The predicted molar refractivity (Wildman–Crippen MR) is 111 cm³/mol. The molecule has 0 aliphatic heterocycles. The van der Waals surface area contributed by atoms with Gasteiger partial charge in [-0.05, 0) is 65.1 Å². The van der Waals surface area contributed by atoms with Crippen molar-refractivity contribution in [1.29, 1.82) is 5.26 Å². The lowest BCUT2D eigenvalue weighted by Gasteiger charge is -2.09. The Hall–Kier alpha value is -2.11. The maximum atomic E-state index is 12.4. The summed E-state index contributed by atoms with van der Waals surface area (Å²) in [5, 5.41) is 12.1. The molecule has 0 aliphatic carbocycles. The van der Waals surface area contributed by atoms with E-state index in [-0.39, 0.29) is 5.57 Å². The van der Waals surface area contributed by atoms with Crippen LogP contribution in [0.5, 0.6) is 5.75 Å². The van der Waals surface area contributed by atoms with Crippen molar-refractivity contribution >= 4 is 56.2 Å². The van der Waals surface area contributed by atoms with Crippen molar-refractivity contribution in [1.82, 2.24) is 0 Å². The Morgan fingerprint density at radius 1 is 1.36 bits per heavy atom. The summed E-state index contributed by atoms with van der Waals surface area (Å²) in [7, 11) is 0. The number of ether oxygens (including phenoxy) is 1. The minimum Gasteiger partial charge on any atom is -0.489 e. The monoisotopic (exact) mass is 508 g/mol. The van der Waals surface area contributed by atoms with Crippen molar-refractivity contribution in [3.8, 4) is 11.8 Å². The number of nitrogens with one attached hydrogen (secondary N) is 1. The van der Waals surface area contributed by atoms with Gasteiger partial charge in [-0.15, -0.1) is 0 Å². The Bertz CT molecular complexity index is 872. The third kappa shape index (κ3) is 5.73. The molecular weight excluding hydrogens is 495 g/mol. The summed E-state index contributed by atoms with van der Waals surface area (Å²) in [6.07, 6.45) is 3.14. The zero-order valence-electron chi connectivity index (χ0n) is 13.1. The molecule has 6 heteroatoms. The lowest BCUT2D eigenvalue weighted by Crippen LogP contribution is -2.13. The molecule has 0 bridgehead atoms. The van der Waals surface area contributed by atoms with Crippen molar-refractivity contribution in [2.45, 2.75) is 0 Å². The van der Waals surface area contributed by atoms with Gasteiger partial charge in [0.05, 0.1) is 0 Å². The van der Waals surface area contributed by atoms with E-state index in [0.717, 1.165) is 8.04 Å². The maximum absolute atomic E-state index is 12.4. The maximum Gasteiger partial charge on any atom is 0.266 e. The van der Waals surface area contributed by atoms with E-state index in [4.69, 9.17) is 4.74 Å². The molecule has 0 atom stereocenters. The summed E-state index contributed by atoms with van der Waals surface area (Å²) in [4.78, 5) is 12.4. The van der Waals surface area contributed by atoms with E-state index in [2.05, 4.69) is 50.4 Å². The molecule has 25 heavy (non-hydrogen) atoms. The quantitative estimate of drug-likeness (QED) is 0.253. The molecule has 0 unspecified atom stereocenters. The van der Waals surface area contributed by atoms with E-state index in [1.54, 1.807) is 24.3 Å². The van der Waals surface area contributed by atoms with Crippen LogP contribution in [0.2, 0.25) is 0 Å². The number of carbonyl (C=O) groups excluding carboxylic acids is 1. The number of hydrogen-bond donors (Lipinski definition) is 1. The van der Waals surface area contributed by atoms with E-state index >= 15 is 0 Å². The Morgan fingerprint density at radius 3 is 2.84 bits per heavy atom. The van der Waals surface area contributed by atoms with Crippen LogP contribution in [0.1, 0.15) is 5.56 Å². The average Bonchev–Trinajstić information content (AvgIpc) is 2.58. The van der Waals surface area contributed by atoms with Crippen LogP contribution in [0.4, 0.5) is 5.69 Å². The summed E-state index contributed by atoms with van der Waals surface area (Å²) >= 11 is 5.54. The van der Waals surface area contributed by atoms with Gasteiger partial charge in [0.25, 0.3) is 5.91 Å². The summed E-state index contributed by atoms with van der Waals surface area (Å²) in [6, 6.07) is 14.7. The first-order chi connectivity index (χ1) is 12.0. The van der Waals surface area contributed by atoms with Crippen molar-refractivity contribution in [3.05, 3.63) is 74.3 Å². The van der Waals surface area contributed by atoms with Gasteiger partial charge in [-0.3, -0.25) is 4.79 Å². The van der Waals surface area contributed by atoms with Crippen LogP contribution in [0.15, 0.2) is 65.2 Å². The third-order valence-electron chi connectivity index (χ3n) is 3.08. The van der Waals surface area contributed by atoms with Crippen molar-refractivity contribution < 1.29 is 9.53 Å². The van der Waals surface area contributed by atoms with Crippen LogP contribution in [-0.2, 0) is 4.79 Å². The minimum absolute atomic E-state index is 0.0135. The standard InChI is InChI=1S/C19H14BrIN2O2/c1-2-8-25-18-7-6-15(20)10-13(18)9-14(12-22)19(24)23-17-5-3-4-16(21)11-17/h2-7,9-11H,1,8H2,(H,23,24)/b14-9+. The minimum atomic E-state index is -0.473. The summed E-state index contributed by atoms with van der Waals surface area (Å²) in [5.41, 5.74) is 1.25. The number of halogens is 2. The molecule has 1 N–H and O–H groups in total. The number of carbonyl (C=O) groups is 1. The van der Waals surface area contributed by atoms with Gasteiger partial charge in [0.15, 0.2) is 0 Å². The highest BCUT2D eigenvalue weighted by atomic mass is 127. The third-order valence-corrected chi connectivity index (χ3v) is 4.24. The second-order valence-electron chi connectivity index (χ2n) is 4.92. The summed E-state index contributed by atoms with van der Waals surface area (Å²) in [5.74, 6) is 0.0945. The number of hydrogen-bond acceptors (Lipinski definition) is 3. The molecule has 0 radical (unpaired) electrons. The lowest BCUT2D eigenvalue weighted by atomic mass is 10.1. The van der Waals surface area contributed by atoms with Gasteiger partial charge in [-0.25, -0.2) is 0 Å². The first kappa shape index (κ1) is 19.2. The first-order valence-corrected chi connectivity index (χ1v) is 9.12. The molecule has 0 aromatic heterocycles. The molecular formula is C19H14BrIN2O2. The molecule has 4 nitrogen and oxygen atoms in total. The predicted octanol–water partition coefficient (Wildman–Crippen LogP) is 5.16. The van der Waals surface area contributed by atoms with Crippen LogP contribution in [0, 0.1) is 14.9 Å². The second kappa shape index (κ2) is 9.39. The number of nitrogens with zero attached hydrogens (tertiary/aromatic N) is 1. The van der Waals surface area contributed by atoms with Gasteiger partial charge in [0.2, 0.25) is 0 Å². The largest absolute Gasteiger partial charge is 0.489 e. The Balaban J connectivity index is 2.30. The molecule has 1 amide bonds. The van der Waals surface area contributed by atoms with Gasteiger partial charge in [0.1, 0.15) is 24.0 Å². The van der Waals surface area contributed by atoms with Gasteiger partial charge >= 0.3 is 0 Å². The SMILES string of the molecule is C=CCOc1ccc(Br)cc1/C=C(\C#N)C(=O)Nc1cccc(I)c1. The van der Waals surface area contributed by atoms with Crippen molar-refractivity contribution in [2.24, 2.45) is 0 Å². The fraction of sp³-hybridized carbons (Fsp3) is 0.0526. The fourth-order valence-corrected chi connectivity index (χ4v) is 2.90. The number of benzene rings is 2. The van der Waals surface area contributed by atoms with Crippen LogP contribution in [0.25, 0.3) is 6.08 Å². The molecule has 0 saturated heterocycles. The van der Waals surface area contributed by atoms with Gasteiger partial charge in [-0.2, -0.15) is 5.26 Å². The van der Waals surface area contributed by atoms with Gasteiger partial charge in [-0.1, -0.05) is 34.7 Å². The molecule has 2 rings (SSSR count). The number of rotatable bonds is 6. The molecule has 0 fully saturated rings. The molecule has 0 spiro atoms. The zero-order chi connectivity index (χ0) is 18.2. The van der Waals surface area contributed by atoms with Gasteiger partial charge < -0.3 is 10.1 Å². The Labute approximate surface area is 168 Å². The van der Waals surface area contributed by atoms with Crippen LogP contribution >= 0.6 is 38.5 Å². The molecule has 0 heterocycles. The summed E-state index contributed by atoms with van der Waals surface area (Å²) in [6.45, 7) is 3.95. The van der Waals surface area contributed by atoms with Crippen molar-refractivity contribution in [2.75, 3.05) is 11.9 Å². The second-order valence-corrected chi connectivity index (χ2v) is 7.08. The van der Waals surface area contributed by atoms with Crippen LogP contribution in [-0.4, -0.2) is 12.5 Å². The van der Waals surface area contributed by atoms with E-state index in [1.807, 2.05) is 30.3 Å². The molecule has 0 aliphatic rings. The average molecular weight is 509 g/mol. The first-order valence-electron chi connectivity index (χ1n) is 7.25. The van der Waals surface area contributed by atoms with Crippen molar-refractivity contribution in [3.63, 3.8) is 0 Å². The zero-order valence-corrected chi connectivity index (χ0v) is 16.9. The molecule has 2 aromatic carbocycles. The molecule has 2 aromatic rings. The molecule has 0 saturated carbocycles. The molecule has 126 valence electrons.